The van der Waals surface area contributed by atoms with E-state index in [4.69, 9.17) is 4.55 Å². The molecule has 0 heterocycles. The Kier molecular flexibility index (Phi) is 4.01. The molecule has 0 saturated heterocycles. The van der Waals surface area contributed by atoms with E-state index in [0.29, 0.717) is 0 Å². The number of rotatable bonds is 2. The molecular formula is C6H6F4O3S2. The van der Waals surface area contributed by atoms with Gasteiger partial charge in [0, 0.05) is 0 Å². The van der Waals surface area contributed by atoms with Gasteiger partial charge >= 0.3 is 0 Å². The first-order valence-corrected chi connectivity index (χ1v) is 5.69. The zero-order valence-corrected chi connectivity index (χ0v) is 8.65. The van der Waals surface area contributed by atoms with E-state index in [9.17, 15) is 26.0 Å². The van der Waals surface area contributed by atoms with Gasteiger partial charge in [0.1, 0.15) is 10.2 Å². The van der Waals surface area contributed by atoms with Gasteiger partial charge in [-0.25, -0.2) is 26.0 Å². The molecule has 0 aromatic carbocycles. The third-order valence-corrected chi connectivity index (χ3v) is 3.54. The van der Waals surface area contributed by atoms with Crippen LogP contribution in [0.25, 0.3) is 0 Å². The summed E-state index contributed by atoms with van der Waals surface area (Å²) in [7, 11) is -3.72. The Morgan fingerprint density at radius 1 is 1.20 bits per heavy atom. The van der Waals surface area contributed by atoms with Crippen LogP contribution in [-0.2, 0) is 10.7 Å². The Hall–Kier alpha value is -0.280. The van der Waals surface area contributed by atoms with Crippen LogP contribution in [0.3, 0.4) is 0 Å². The average Bonchev–Trinajstić information content (AvgIpc) is 2.16. The molecule has 0 aromatic heterocycles. The molecule has 88 valence electrons. The first kappa shape index (κ1) is 12.8. The second kappa shape index (κ2) is 4.71. The molecule has 0 bridgehead atoms. The van der Waals surface area contributed by atoms with E-state index in [1.165, 1.54) is 0 Å². The largest absolute Gasteiger partial charge is 0.330 e. The van der Waals surface area contributed by atoms with Gasteiger partial charge in [-0.1, -0.05) is 0 Å². The van der Waals surface area contributed by atoms with Crippen molar-refractivity contribution in [2.24, 2.45) is 0 Å². The molecule has 0 amide bonds. The van der Waals surface area contributed by atoms with Gasteiger partial charge in [-0.3, -0.25) is 0 Å². The van der Waals surface area contributed by atoms with Gasteiger partial charge in [-0.05, 0) is 12.0 Å². The molecule has 1 aliphatic rings. The Morgan fingerprint density at radius 3 is 2.13 bits per heavy atom. The predicted octanol–water partition coefficient (Wildman–Crippen LogP) is 1.38. The Balaban J connectivity index is 3.22. The molecule has 9 heteroatoms. The molecule has 0 fully saturated rings. The molecule has 0 saturated carbocycles. The van der Waals surface area contributed by atoms with E-state index in [1.54, 1.807) is 0 Å². The molecule has 0 spiro atoms. The van der Waals surface area contributed by atoms with Gasteiger partial charge in [-0.15, -0.1) is 0 Å². The van der Waals surface area contributed by atoms with Gasteiger partial charge < -0.3 is 4.55 Å². The van der Waals surface area contributed by atoms with Crippen LogP contribution in [0, 0.1) is 0 Å². The molecule has 1 rings (SSSR count). The summed E-state index contributed by atoms with van der Waals surface area (Å²) in [5.74, 6) is -1.88. The maximum absolute atomic E-state index is 13.0. The Labute approximate surface area is 88.3 Å². The van der Waals surface area contributed by atoms with E-state index in [-0.39, 0.29) is 12.0 Å². The maximum Gasteiger partial charge on any atom is 0.171 e. The molecule has 4 unspecified atom stereocenters. The molecule has 4 atom stereocenters. The summed E-state index contributed by atoms with van der Waals surface area (Å²) in [6.45, 7) is 0. The summed E-state index contributed by atoms with van der Waals surface area (Å²) in [5.41, 5.74) is 0. The normalized spacial score (nSPS) is 37.5. The van der Waals surface area contributed by atoms with Crippen molar-refractivity contribution in [1.82, 2.24) is 0 Å². The number of thiol groups is 1. The Bertz CT molecular complexity index is 348. The fourth-order valence-electron chi connectivity index (χ4n) is 1.20. The minimum absolute atomic E-state index is 0.378. The molecule has 1 aliphatic carbocycles. The van der Waals surface area contributed by atoms with E-state index in [0.717, 1.165) is 0 Å². The molecule has 15 heavy (non-hydrogen) atoms. The highest BCUT2D eigenvalue weighted by Crippen LogP contribution is 2.38. The summed E-state index contributed by atoms with van der Waals surface area (Å²) in [5, 5.41) is -1.99. The summed E-state index contributed by atoms with van der Waals surface area (Å²) >= 11 is -0.378. The van der Waals surface area contributed by atoms with Gasteiger partial charge in [0.05, 0.1) is 0 Å². The predicted molar refractivity (Wildman–Crippen MR) is 47.1 cm³/mol. The van der Waals surface area contributed by atoms with Crippen molar-refractivity contribution in [2.75, 3.05) is 0 Å². The molecule has 1 N–H and O–H groups in total. The van der Waals surface area contributed by atoms with Crippen LogP contribution in [0.2, 0.25) is 0 Å². The van der Waals surface area contributed by atoms with Crippen LogP contribution in [0.15, 0.2) is 10.7 Å². The van der Waals surface area contributed by atoms with Gasteiger partial charge in [-0.2, -0.15) is 0 Å². The molecule has 0 radical (unpaired) electrons. The lowest BCUT2D eigenvalue weighted by Gasteiger charge is -2.28. The Morgan fingerprint density at radius 2 is 1.73 bits per heavy atom. The highest BCUT2D eigenvalue weighted by Gasteiger charge is 2.48. The number of alkyl halides is 3. The fraction of sp³-hybridized carbons (Fsp3) is 0.667. The van der Waals surface area contributed by atoms with Crippen molar-refractivity contribution in [3.8, 4) is 0 Å². The topological polar surface area (TPSA) is 54.4 Å². The molecular weight excluding hydrogens is 260 g/mol. The van der Waals surface area contributed by atoms with Crippen molar-refractivity contribution in [3.05, 3.63) is 10.7 Å². The van der Waals surface area contributed by atoms with Crippen molar-refractivity contribution in [2.45, 2.75) is 23.8 Å². The number of halogens is 4. The van der Waals surface area contributed by atoms with Crippen LogP contribution in [0.1, 0.15) is 0 Å². The van der Waals surface area contributed by atoms with Crippen molar-refractivity contribution < 1.29 is 30.5 Å². The first-order chi connectivity index (χ1) is 6.91. The highest BCUT2D eigenvalue weighted by atomic mass is 32.2. The first-order valence-electron chi connectivity index (χ1n) is 3.68. The standard InChI is InChI=1S/C6H6F4O3S2/c7-1-3(9)6(15(12)13)4(10)2(8)5(1)14-11/h1-3,5,11,15H. The third-order valence-electron chi connectivity index (χ3n) is 1.95. The molecule has 0 aliphatic heterocycles. The summed E-state index contributed by atoms with van der Waals surface area (Å²) in [6, 6.07) is 0. The lowest BCUT2D eigenvalue weighted by atomic mass is 10.0. The second-order valence-electron chi connectivity index (χ2n) is 2.81. The number of hydrogen-bond donors (Lipinski definition) is 2. The fourth-order valence-corrected chi connectivity index (χ4v) is 2.32. The van der Waals surface area contributed by atoms with E-state index < -0.39 is 45.2 Å². The average molecular weight is 266 g/mol. The van der Waals surface area contributed by atoms with Crippen LogP contribution < -0.4 is 0 Å². The lowest BCUT2D eigenvalue weighted by molar-refractivity contribution is 0.135. The number of hydrogen-bond acceptors (Lipinski definition) is 4. The molecule has 3 nitrogen and oxygen atoms in total. The second-order valence-corrected chi connectivity index (χ2v) is 4.56. The quantitative estimate of drug-likeness (QED) is 0.450. The minimum atomic E-state index is -3.72. The van der Waals surface area contributed by atoms with E-state index in [1.807, 2.05) is 0 Å². The smallest absolute Gasteiger partial charge is 0.171 e. The zero-order chi connectivity index (χ0) is 11.7. The zero-order valence-electron chi connectivity index (χ0n) is 6.94. The van der Waals surface area contributed by atoms with Gasteiger partial charge in [0.2, 0.25) is 0 Å². The monoisotopic (exact) mass is 266 g/mol. The van der Waals surface area contributed by atoms with Crippen LogP contribution >= 0.6 is 12.0 Å². The lowest BCUT2D eigenvalue weighted by Crippen LogP contribution is -2.42. The van der Waals surface area contributed by atoms with Gasteiger partial charge in [0.25, 0.3) is 0 Å². The number of allylic oxidation sites excluding steroid dienone is 2. The summed E-state index contributed by atoms with van der Waals surface area (Å²) in [6.07, 6.45) is -8.04. The van der Waals surface area contributed by atoms with Gasteiger partial charge in [0.15, 0.2) is 35.0 Å². The van der Waals surface area contributed by atoms with Crippen LogP contribution in [-0.4, -0.2) is 36.7 Å². The van der Waals surface area contributed by atoms with Crippen molar-refractivity contribution in [1.29, 1.82) is 0 Å². The minimum Gasteiger partial charge on any atom is -0.330 e. The highest BCUT2D eigenvalue weighted by molar-refractivity contribution is 7.94. The van der Waals surface area contributed by atoms with E-state index >= 15 is 0 Å². The summed E-state index contributed by atoms with van der Waals surface area (Å²) < 4.78 is 81.1. The summed E-state index contributed by atoms with van der Waals surface area (Å²) in [4.78, 5) is -1.52. The maximum atomic E-state index is 13.0. The third kappa shape index (κ3) is 2.13. The molecule has 0 aromatic rings. The van der Waals surface area contributed by atoms with Crippen molar-refractivity contribution in [3.63, 3.8) is 0 Å². The van der Waals surface area contributed by atoms with E-state index in [2.05, 4.69) is 0 Å². The SMILES string of the molecule is O=[SH](=O)C1=C(F)C(F)C(SO)C(F)C1F. The van der Waals surface area contributed by atoms with Crippen LogP contribution in [0.4, 0.5) is 17.6 Å². The van der Waals surface area contributed by atoms with Crippen molar-refractivity contribution >= 4 is 22.7 Å². The van der Waals surface area contributed by atoms with Crippen LogP contribution in [0.5, 0.6) is 0 Å².